The summed E-state index contributed by atoms with van der Waals surface area (Å²) in [6.45, 7) is 14.3. The van der Waals surface area contributed by atoms with E-state index >= 15 is 0 Å². The fourth-order valence-corrected chi connectivity index (χ4v) is 5.71. The summed E-state index contributed by atoms with van der Waals surface area (Å²) in [5.74, 6) is 0.391. The molecule has 1 heterocycles. The van der Waals surface area contributed by atoms with E-state index in [0.29, 0.717) is 28.9 Å². The van der Waals surface area contributed by atoms with Crippen LogP contribution in [0.15, 0.2) is 59.1 Å². The number of phenols is 1. The second kappa shape index (κ2) is 13.3. The third-order valence-corrected chi connectivity index (χ3v) is 7.31. The number of nitrogens with one attached hydrogen (secondary N) is 1. The molecule has 196 valence electrons. The Labute approximate surface area is 216 Å². The SMILES string of the molecule is C/C=C/C1C(C(=O)c2c(O)c(-c3ccc(O)cc3)c[nH]c2=O)C=C(C)C2CCC(C)CC21.CC.CC. The number of H-pyrrole nitrogens is 1. The van der Waals surface area contributed by atoms with E-state index < -0.39 is 11.5 Å². The third kappa shape index (κ3) is 6.00. The van der Waals surface area contributed by atoms with Crippen LogP contribution in [0, 0.1) is 29.6 Å². The topological polar surface area (TPSA) is 90.4 Å². The molecule has 5 heteroatoms. The number of Topliss-reactive ketones (excluding diaryl/α,β-unsaturated/α-hetero) is 1. The maximum Gasteiger partial charge on any atom is 0.262 e. The normalized spacial score (nSPS) is 25.0. The monoisotopic (exact) mass is 493 g/mol. The smallest absolute Gasteiger partial charge is 0.262 e. The zero-order valence-corrected chi connectivity index (χ0v) is 22.8. The van der Waals surface area contributed by atoms with Crippen LogP contribution in [-0.2, 0) is 0 Å². The summed E-state index contributed by atoms with van der Waals surface area (Å²) in [5, 5.41) is 20.6. The molecule has 0 spiro atoms. The maximum atomic E-state index is 13.8. The van der Waals surface area contributed by atoms with Gasteiger partial charge in [0.1, 0.15) is 17.1 Å². The Morgan fingerprint density at radius 2 is 1.69 bits per heavy atom. The van der Waals surface area contributed by atoms with E-state index in [2.05, 4.69) is 24.9 Å². The number of hydrogen-bond donors (Lipinski definition) is 3. The zero-order chi connectivity index (χ0) is 27.0. The zero-order valence-electron chi connectivity index (χ0n) is 22.8. The minimum absolute atomic E-state index is 0.0000727. The summed E-state index contributed by atoms with van der Waals surface area (Å²) in [7, 11) is 0. The molecular weight excluding hydrogens is 450 g/mol. The number of aromatic amines is 1. The summed E-state index contributed by atoms with van der Waals surface area (Å²) in [5.41, 5.74) is 1.40. The van der Waals surface area contributed by atoms with Crippen molar-refractivity contribution < 1.29 is 15.0 Å². The molecule has 5 unspecified atom stereocenters. The minimum Gasteiger partial charge on any atom is -0.508 e. The Hall–Kier alpha value is -3.08. The van der Waals surface area contributed by atoms with Crippen molar-refractivity contribution in [2.75, 3.05) is 0 Å². The summed E-state index contributed by atoms with van der Waals surface area (Å²) in [6.07, 6.45) is 10.9. The number of ketones is 1. The molecule has 0 saturated heterocycles. The van der Waals surface area contributed by atoms with Crippen LogP contribution in [0.5, 0.6) is 11.5 Å². The Balaban J connectivity index is 0.00000109. The highest BCUT2D eigenvalue weighted by Crippen LogP contribution is 2.49. The predicted octanol–water partition coefficient (Wildman–Crippen LogP) is 7.51. The number of allylic oxidation sites excluding steroid dienone is 4. The second-order valence-electron chi connectivity index (χ2n) is 9.39. The molecule has 0 radical (unpaired) electrons. The standard InChI is InChI=1S/C27H31NO4.2C2H6/c1-4-5-20-21-12-15(2)6-11-19(21)16(3)13-22(20)25(30)24-26(31)23(14-28-27(24)32)17-7-9-18(29)10-8-17;2*1-2/h4-5,7-10,13-15,19-22,29H,6,11-12H2,1-3H3,(H2,28,31,32);2*1-2H3/b5-4+;;. The van der Waals surface area contributed by atoms with Gasteiger partial charge < -0.3 is 15.2 Å². The van der Waals surface area contributed by atoms with E-state index in [9.17, 15) is 19.8 Å². The highest BCUT2D eigenvalue weighted by Gasteiger charge is 2.43. The van der Waals surface area contributed by atoms with Gasteiger partial charge in [-0.3, -0.25) is 9.59 Å². The molecule has 0 aliphatic heterocycles. The average Bonchev–Trinajstić information content (AvgIpc) is 2.88. The number of aromatic nitrogens is 1. The molecule has 5 atom stereocenters. The maximum absolute atomic E-state index is 13.8. The number of carbonyl (C=O) groups excluding carboxylic acids is 1. The van der Waals surface area contributed by atoms with Crippen molar-refractivity contribution in [2.45, 2.75) is 67.7 Å². The number of pyridine rings is 1. The predicted molar refractivity (Wildman–Crippen MR) is 148 cm³/mol. The first-order valence-corrected chi connectivity index (χ1v) is 13.4. The molecule has 1 aromatic carbocycles. The van der Waals surface area contributed by atoms with Crippen LogP contribution in [0.3, 0.4) is 0 Å². The van der Waals surface area contributed by atoms with Crippen molar-refractivity contribution >= 4 is 5.78 Å². The Morgan fingerprint density at radius 3 is 2.31 bits per heavy atom. The Bertz CT molecular complexity index is 1130. The van der Waals surface area contributed by atoms with Crippen molar-refractivity contribution in [3.05, 3.63) is 70.2 Å². The molecule has 4 rings (SSSR count). The van der Waals surface area contributed by atoms with Gasteiger partial charge in [-0.05, 0) is 68.1 Å². The lowest BCUT2D eigenvalue weighted by Gasteiger charge is -2.45. The van der Waals surface area contributed by atoms with Gasteiger partial charge in [0.25, 0.3) is 5.56 Å². The van der Waals surface area contributed by atoms with Crippen molar-refractivity contribution in [2.24, 2.45) is 29.6 Å². The van der Waals surface area contributed by atoms with Gasteiger partial charge in [0, 0.05) is 17.7 Å². The molecule has 1 saturated carbocycles. The van der Waals surface area contributed by atoms with Crippen molar-refractivity contribution in [3.63, 3.8) is 0 Å². The van der Waals surface area contributed by atoms with Crippen LogP contribution in [0.4, 0.5) is 0 Å². The first-order valence-electron chi connectivity index (χ1n) is 13.4. The van der Waals surface area contributed by atoms with E-state index in [1.165, 1.54) is 30.3 Å². The van der Waals surface area contributed by atoms with Crippen LogP contribution in [-0.4, -0.2) is 21.0 Å². The van der Waals surface area contributed by atoms with Crippen LogP contribution in [0.2, 0.25) is 0 Å². The summed E-state index contributed by atoms with van der Waals surface area (Å²) < 4.78 is 0. The van der Waals surface area contributed by atoms with Crippen molar-refractivity contribution in [1.29, 1.82) is 0 Å². The fourth-order valence-electron chi connectivity index (χ4n) is 5.71. The van der Waals surface area contributed by atoms with Crippen LogP contribution in [0.25, 0.3) is 11.1 Å². The second-order valence-corrected chi connectivity index (χ2v) is 9.39. The summed E-state index contributed by atoms with van der Waals surface area (Å²) in [4.78, 5) is 29.1. The fraction of sp³-hybridized carbons (Fsp3) is 0.484. The molecule has 5 nitrogen and oxygen atoms in total. The molecule has 1 aromatic heterocycles. The van der Waals surface area contributed by atoms with Crippen molar-refractivity contribution in [3.8, 4) is 22.6 Å². The van der Waals surface area contributed by atoms with Gasteiger partial charge in [-0.15, -0.1) is 0 Å². The van der Waals surface area contributed by atoms with Gasteiger partial charge in [0.15, 0.2) is 5.78 Å². The Morgan fingerprint density at radius 1 is 1.06 bits per heavy atom. The quantitative estimate of drug-likeness (QED) is 0.304. The number of carbonyl (C=O) groups is 1. The molecule has 2 aliphatic carbocycles. The number of rotatable bonds is 4. The van der Waals surface area contributed by atoms with Gasteiger partial charge in [-0.1, -0.05) is 77.0 Å². The van der Waals surface area contributed by atoms with Crippen LogP contribution in [0.1, 0.15) is 78.1 Å². The third-order valence-electron chi connectivity index (χ3n) is 7.31. The first-order chi connectivity index (χ1) is 17.3. The molecule has 1 fully saturated rings. The van der Waals surface area contributed by atoms with Gasteiger partial charge in [0.2, 0.25) is 0 Å². The number of fused-ring (bicyclic) bond motifs is 1. The van der Waals surface area contributed by atoms with E-state index in [-0.39, 0.29) is 28.8 Å². The minimum atomic E-state index is -0.584. The highest BCUT2D eigenvalue weighted by atomic mass is 16.3. The lowest BCUT2D eigenvalue weighted by Crippen LogP contribution is -2.40. The number of hydrogen-bond acceptors (Lipinski definition) is 4. The van der Waals surface area contributed by atoms with E-state index in [1.54, 1.807) is 12.1 Å². The van der Waals surface area contributed by atoms with E-state index in [4.69, 9.17) is 0 Å². The summed E-state index contributed by atoms with van der Waals surface area (Å²) >= 11 is 0. The number of phenolic OH excluding ortho intramolecular Hbond substituents is 1. The molecule has 36 heavy (non-hydrogen) atoms. The first kappa shape index (κ1) is 29.2. The number of benzene rings is 1. The average molecular weight is 494 g/mol. The van der Waals surface area contributed by atoms with Gasteiger partial charge in [-0.25, -0.2) is 0 Å². The van der Waals surface area contributed by atoms with Crippen LogP contribution < -0.4 is 5.56 Å². The molecule has 2 aromatic rings. The molecule has 0 bridgehead atoms. The molecular formula is C31H43NO4. The highest BCUT2D eigenvalue weighted by molar-refractivity contribution is 6.03. The lowest BCUT2D eigenvalue weighted by molar-refractivity contribution is 0.0803. The van der Waals surface area contributed by atoms with E-state index in [0.717, 1.165) is 12.8 Å². The van der Waals surface area contributed by atoms with Gasteiger partial charge in [0.05, 0.1) is 0 Å². The molecule has 2 aliphatic rings. The lowest BCUT2D eigenvalue weighted by atomic mass is 9.59. The van der Waals surface area contributed by atoms with E-state index in [1.807, 2.05) is 46.8 Å². The molecule has 3 N–H and O–H groups in total. The van der Waals surface area contributed by atoms with Gasteiger partial charge in [-0.2, -0.15) is 0 Å². The van der Waals surface area contributed by atoms with Gasteiger partial charge >= 0.3 is 0 Å². The van der Waals surface area contributed by atoms with Crippen molar-refractivity contribution in [1.82, 2.24) is 4.98 Å². The Kier molecular flexibility index (Phi) is 10.8. The largest absolute Gasteiger partial charge is 0.508 e. The van der Waals surface area contributed by atoms with Crippen LogP contribution >= 0.6 is 0 Å². The molecule has 0 amide bonds. The number of aromatic hydroxyl groups is 2. The summed E-state index contributed by atoms with van der Waals surface area (Å²) in [6, 6.07) is 6.28.